The highest BCUT2D eigenvalue weighted by Crippen LogP contribution is 2.31. The van der Waals surface area contributed by atoms with E-state index in [1.54, 1.807) is 12.1 Å². The molecule has 0 aliphatic carbocycles. The predicted octanol–water partition coefficient (Wildman–Crippen LogP) is 1.95. The maximum absolute atomic E-state index is 11.4. The zero-order valence-corrected chi connectivity index (χ0v) is 12.5. The molecule has 100 valence electrons. The fourth-order valence-electron chi connectivity index (χ4n) is 2.17. The third kappa shape index (κ3) is 3.05. The molecule has 1 aromatic carbocycles. The van der Waals surface area contributed by atoms with Crippen molar-refractivity contribution in [2.75, 3.05) is 24.6 Å². The van der Waals surface area contributed by atoms with Crippen molar-refractivity contribution in [2.45, 2.75) is 13.0 Å². The number of rotatable bonds is 2. The molecule has 4 nitrogen and oxygen atoms in total. The van der Waals surface area contributed by atoms with Crippen LogP contribution in [0.1, 0.15) is 18.5 Å². The molecule has 0 aromatic heterocycles. The number of hydrogen-bond acceptors (Lipinski definition) is 4. The average molecular weight is 334 g/mol. The smallest absolute Gasteiger partial charge is 0.152 e. The molecule has 1 N–H and O–H groups in total. The SMILES string of the molecule is CC(c1cc(Br)ccc1O)N1CCS(=O)(=O)CC1. The Hall–Kier alpha value is -0.590. The topological polar surface area (TPSA) is 57.6 Å². The molecule has 0 radical (unpaired) electrons. The van der Waals surface area contributed by atoms with Crippen molar-refractivity contribution in [1.82, 2.24) is 4.90 Å². The maximum atomic E-state index is 11.4. The summed E-state index contributed by atoms with van der Waals surface area (Å²) in [6.45, 7) is 3.03. The molecule has 0 saturated carbocycles. The van der Waals surface area contributed by atoms with Crippen LogP contribution in [0.5, 0.6) is 5.75 Å². The molecule has 0 bridgehead atoms. The predicted molar refractivity (Wildman–Crippen MR) is 74.4 cm³/mol. The van der Waals surface area contributed by atoms with E-state index in [4.69, 9.17) is 0 Å². The van der Waals surface area contributed by atoms with E-state index in [1.165, 1.54) is 0 Å². The number of benzene rings is 1. The zero-order valence-electron chi connectivity index (χ0n) is 10.1. The van der Waals surface area contributed by atoms with Gasteiger partial charge in [0.1, 0.15) is 5.75 Å². The van der Waals surface area contributed by atoms with E-state index >= 15 is 0 Å². The van der Waals surface area contributed by atoms with Gasteiger partial charge in [0.25, 0.3) is 0 Å². The first-order valence-corrected chi connectivity index (χ1v) is 8.43. The Morgan fingerprint density at radius 1 is 1.33 bits per heavy atom. The first-order chi connectivity index (χ1) is 8.39. The van der Waals surface area contributed by atoms with E-state index in [-0.39, 0.29) is 23.3 Å². The van der Waals surface area contributed by atoms with Gasteiger partial charge in [0.15, 0.2) is 9.84 Å². The summed E-state index contributed by atoms with van der Waals surface area (Å²) in [5.41, 5.74) is 0.823. The van der Waals surface area contributed by atoms with Gasteiger partial charge < -0.3 is 5.11 Å². The summed E-state index contributed by atoms with van der Waals surface area (Å²) >= 11 is 3.38. The zero-order chi connectivity index (χ0) is 13.3. The van der Waals surface area contributed by atoms with Gasteiger partial charge in [-0.05, 0) is 25.1 Å². The normalized spacial score (nSPS) is 21.7. The van der Waals surface area contributed by atoms with Crippen LogP contribution in [0.4, 0.5) is 0 Å². The third-order valence-electron chi connectivity index (χ3n) is 3.37. The molecular weight excluding hydrogens is 318 g/mol. The minimum absolute atomic E-state index is 0.0120. The van der Waals surface area contributed by atoms with Gasteiger partial charge in [-0.3, -0.25) is 4.90 Å². The lowest BCUT2D eigenvalue weighted by atomic mass is 10.1. The van der Waals surface area contributed by atoms with E-state index < -0.39 is 9.84 Å². The number of hydrogen-bond donors (Lipinski definition) is 1. The molecule has 1 heterocycles. The monoisotopic (exact) mass is 333 g/mol. The molecule has 1 aromatic rings. The lowest BCUT2D eigenvalue weighted by Gasteiger charge is -2.32. The summed E-state index contributed by atoms with van der Waals surface area (Å²) < 4.78 is 23.7. The minimum atomic E-state index is -2.86. The lowest BCUT2D eigenvalue weighted by molar-refractivity contribution is 0.225. The van der Waals surface area contributed by atoms with Crippen LogP contribution in [-0.4, -0.2) is 43.0 Å². The Kier molecular flexibility index (Phi) is 3.99. The van der Waals surface area contributed by atoms with Gasteiger partial charge in [0.2, 0.25) is 0 Å². The largest absolute Gasteiger partial charge is 0.508 e. The van der Waals surface area contributed by atoms with Crippen molar-refractivity contribution in [3.8, 4) is 5.75 Å². The average Bonchev–Trinajstić information content (AvgIpc) is 2.31. The molecule has 1 atom stereocenters. The summed E-state index contributed by atoms with van der Waals surface area (Å²) in [7, 11) is -2.86. The van der Waals surface area contributed by atoms with E-state index in [0.29, 0.717) is 13.1 Å². The Morgan fingerprint density at radius 3 is 2.56 bits per heavy atom. The van der Waals surface area contributed by atoms with Crippen LogP contribution in [-0.2, 0) is 9.84 Å². The highest BCUT2D eigenvalue weighted by atomic mass is 79.9. The van der Waals surface area contributed by atoms with Gasteiger partial charge in [-0.15, -0.1) is 0 Å². The fourth-order valence-corrected chi connectivity index (χ4v) is 3.78. The number of phenols is 1. The molecule has 1 fully saturated rings. The summed E-state index contributed by atoms with van der Waals surface area (Å²) in [4.78, 5) is 2.09. The standard InChI is InChI=1S/C12H16BrNO3S/c1-9(11-8-10(13)2-3-12(11)15)14-4-6-18(16,17)7-5-14/h2-3,8-9,15H,4-7H2,1H3. The highest BCUT2D eigenvalue weighted by molar-refractivity contribution is 9.10. The van der Waals surface area contributed by atoms with Crippen LogP contribution in [0, 0.1) is 0 Å². The van der Waals surface area contributed by atoms with Gasteiger partial charge >= 0.3 is 0 Å². The lowest BCUT2D eigenvalue weighted by Crippen LogP contribution is -2.41. The van der Waals surface area contributed by atoms with Crippen LogP contribution < -0.4 is 0 Å². The Labute approximate surface area is 116 Å². The Balaban J connectivity index is 2.17. The van der Waals surface area contributed by atoms with Crippen molar-refractivity contribution in [2.24, 2.45) is 0 Å². The fraction of sp³-hybridized carbons (Fsp3) is 0.500. The number of halogens is 1. The number of phenolic OH excluding ortho intramolecular Hbond substituents is 1. The molecule has 0 spiro atoms. The highest BCUT2D eigenvalue weighted by Gasteiger charge is 2.26. The minimum Gasteiger partial charge on any atom is -0.508 e. The Bertz CT molecular complexity index is 530. The quantitative estimate of drug-likeness (QED) is 0.898. The molecular formula is C12H16BrNO3S. The third-order valence-corrected chi connectivity index (χ3v) is 5.47. The van der Waals surface area contributed by atoms with Crippen LogP contribution in [0.3, 0.4) is 0 Å². The van der Waals surface area contributed by atoms with Crippen LogP contribution >= 0.6 is 15.9 Å². The molecule has 1 saturated heterocycles. The summed E-state index contributed by atoms with van der Waals surface area (Å²) in [6, 6.07) is 5.32. The molecule has 0 amide bonds. The molecule has 6 heteroatoms. The second-order valence-corrected chi connectivity index (χ2v) is 7.79. The second-order valence-electron chi connectivity index (χ2n) is 4.57. The van der Waals surface area contributed by atoms with Crippen molar-refractivity contribution in [1.29, 1.82) is 0 Å². The van der Waals surface area contributed by atoms with Crippen molar-refractivity contribution in [3.05, 3.63) is 28.2 Å². The van der Waals surface area contributed by atoms with Crippen molar-refractivity contribution >= 4 is 25.8 Å². The van der Waals surface area contributed by atoms with Gasteiger partial charge in [0.05, 0.1) is 11.5 Å². The van der Waals surface area contributed by atoms with Crippen molar-refractivity contribution in [3.63, 3.8) is 0 Å². The van der Waals surface area contributed by atoms with Crippen molar-refractivity contribution < 1.29 is 13.5 Å². The van der Waals surface area contributed by atoms with E-state index in [9.17, 15) is 13.5 Å². The number of nitrogens with zero attached hydrogens (tertiary/aromatic N) is 1. The maximum Gasteiger partial charge on any atom is 0.152 e. The van der Waals surface area contributed by atoms with E-state index in [1.807, 2.05) is 13.0 Å². The van der Waals surface area contributed by atoms with E-state index in [2.05, 4.69) is 20.8 Å². The van der Waals surface area contributed by atoms with Crippen LogP contribution in [0.25, 0.3) is 0 Å². The van der Waals surface area contributed by atoms with Gasteiger partial charge in [-0.1, -0.05) is 15.9 Å². The Morgan fingerprint density at radius 2 is 1.94 bits per heavy atom. The van der Waals surface area contributed by atoms with E-state index in [0.717, 1.165) is 10.0 Å². The van der Waals surface area contributed by atoms with Gasteiger partial charge in [-0.25, -0.2) is 8.42 Å². The molecule has 1 aliphatic rings. The van der Waals surface area contributed by atoms with Crippen LogP contribution in [0.15, 0.2) is 22.7 Å². The molecule has 18 heavy (non-hydrogen) atoms. The first-order valence-electron chi connectivity index (χ1n) is 5.82. The number of sulfone groups is 1. The van der Waals surface area contributed by atoms with Crippen LogP contribution in [0.2, 0.25) is 0 Å². The van der Waals surface area contributed by atoms with Gasteiger partial charge in [0, 0.05) is 29.2 Å². The summed E-state index contributed by atoms with van der Waals surface area (Å²) in [5, 5.41) is 9.87. The first kappa shape index (κ1) is 13.8. The molecule has 1 aliphatic heterocycles. The summed E-state index contributed by atoms with van der Waals surface area (Å²) in [5.74, 6) is 0.650. The molecule has 2 rings (SSSR count). The van der Waals surface area contributed by atoms with Gasteiger partial charge in [-0.2, -0.15) is 0 Å². The summed E-state index contributed by atoms with van der Waals surface area (Å²) in [6.07, 6.45) is 0. The molecule has 1 unspecified atom stereocenters. The second kappa shape index (κ2) is 5.19. The number of aromatic hydroxyl groups is 1.